The quantitative estimate of drug-likeness (QED) is 0.307. The molecule has 2 saturated carbocycles. The second-order valence-corrected chi connectivity index (χ2v) is 10.8. The molecule has 2 N–H and O–H groups in total. The van der Waals surface area contributed by atoms with E-state index in [9.17, 15) is 19.8 Å². The summed E-state index contributed by atoms with van der Waals surface area (Å²) < 4.78 is 2.06. The van der Waals surface area contributed by atoms with Crippen molar-refractivity contribution in [1.82, 2.24) is 19.7 Å². The number of hydrogen-bond donors (Lipinski definition) is 2. The molecule has 4 aromatic rings. The van der Waals surface area contributed by atoms with Crippen molar-refractivity contribution in [2.75, 3.05) is 0 Å². The Balaban J connectivity index is 1.42. The Kier molecular flexibility index (Phi) is 6.85. The summed E-state index contributed by atoms with van der Waals surface area (Å²) in [6, 6.07) is 14.8. The van der Waals surface area contributed by atoms with Crippen molar-refractivity contribution in [3.8, 4) is 17.0 Å². The Morgan fingerprint density at radius 2 is 1.67 bits per heavy atom. The Hall–Kier alpha value is -4.07. The van der Waals surface area contributed by atoms with E-state index < -0.39 is 5.97 Å². The van der Waals surface area contributed by atoms with Crippen LogP contribution in [0.4, 0.5) is 0 Å². The molecule has 0 saturated heterocycles. The standard InChI is InChI=1S/C31H32N4O4/c36-25-13-7-6-12-24(25)26-27-28(30(37)34-33-26)35(29(32-27)21-8-2-1-3-9-21)18-19-14-16-20(17-15-19)22-10-4-5-11-23(22)31(38)39/h4-5,10-11,14-17,21,24H,1-3,6-9,12-13,18H2,(H,34,37)(H,38,39). The van der Waals surface area contributed by atoms with Crippen molar-refractivity contribution < 1.29 is 19.8 Å². The lowest BCUT2D eigenvalue weighted by molar-refractivity contribution is -0.121. The number of carboxylic acid groups (broad SMARTS) is 1. The molecule has 39 heavy (non-hydrogen) atoms. The van der Waals surface area contributed by atoms with Gasteiger partial charge in [0.15, 0.2) is 0 Å². The molecular formula is C31H32N4O4. The molecule has 6 rings (SSSR count). The van der Waals surface area contributed by atoms with E-state index in [1.807, 2.05) is 36.4 Å². The fourth-order valence-electron chi connectivity index (χ4n) is 6.30. The van der Waals surface area contributed by atoms with Gasteiger partial charge in [-0.2, -0.15) is 0 Å². The number of fused-ring (bicyclic) bond motifs is 1. The normalized spacial score (nSPS) is 18.5. The summed E-state index contributed by atoms with van der Waals surface area (Å²) in [4.78, 5) is 29.6. The minimum Gasteiger partial charge on any atom is -0.491 e. The summed E-state index contributed by atoms with van der Waals surface area (Å²) in [5, 5.41) is 28.9. The minimum absolute atomic E-state index is 0.168. The first-order valence-electron chi connectivity index (χ1n) is 13.9. The van der Waals surface area contributed by atoms with E-state index in [1.165, 1.54) is 6.42 Å². The molecule has 0 aliphatic heterocycles. The molecular weight excluding hydrogens is 492 g/mol. The van der Waals surface area contributed by atoms with E-state index >= 15 is 0 Å². The molecule has 8 heteroatoms. The van der Waals surface area contributed by atoms with E-state index in [0.717, 1.165) is 61.9 Å². The van der Waals surface area contributed by atoms with Crippen molar-refractivity contribution in [2.24, 2.45) is 0 Å². The number of hydrogen-bond acceptors (Lipinski definition) is 6. The SMILES string of the molecule is O=C(O)c1ccccc1-c1ccc(Cn2c(C3CCCCC3)nc3c(C4CCCCC4=O)nnc(O)c32)cc1. The molecule has 8 nitrogen and oxygen atoms in total. The number of Topliss-reactive ketones (excluding diaryl/α,β-unsaturated/α-hetero) is 1. The van der Waals surface area contributed by atoms with Gasteiger partial charge in [0.05, 0.1) is 11.5 Å². The van der Waals surface area contributed by atoms with Gasteiger partial charge in [0.1, 0.15) is 28.3 Å². The van der Waals surface area contributed by atoms with Crippen LogP contribution >= 0.6 is 0 Å². The van der Waals surface area contributed by atoms with Crippen LogP contribution in [0.5, 0.6) is 5.88 Å². The third-order valence-corrected chi connectivity index (χ3v) is 8.32. The maximum absolute atomic E-state index is 12.8. The summed E-state index contributed by atoms with van der Waals surface area (Å²) in [6.45, 7) is 0.473. The van der Waals surface area contributed by atoms with Gasteiger partial charge >= 0.3 is 5.97 Å². The molecule has 1 unspecified atom stereocenters. The summed E-state index contributed by atoms with van der Waals surface area (Å²) in [5.74, 6) is -0.0973. The lowest BCUT2D eigenvalue weighted by Gasteiger charge is -2.22. The molecule has 2 heterocycles. The highest BCUT2D eigenvalue weighted by molar-refractivity contribution is 5.96. The number of carbonyl (C=O) groups excluding carboxylic acids is 1. The molecule has 2 aromatic carbocycles. The van der Waals surface area contributed by atoms with Gasteiger partial charge in [-0.3, -0.25) is 4.79 Å². The van der Waals surface area contributed by atoms with Crippen LogP contribution in [0.15, 0.2) is 48.5 Å². The molecule has 0 bridgehead atoms. The van der Waals surface area contributed by atoms with E-state index in [4.69, 9.17) is 4.98 Å². The average Bonchev–Trinajstić information content (AvgIpc) is 3.34. The van der Waals surface area contributed by atoms with Crippen molar-refractivity contribution in [3.63, 3.8) is 0 Å². The average molecular weight is 525 g/mol. The molecule has 2 aliphatic rings. The zero-order chi connectivity index (χ0) is 26.9. The van der Waals surface area contributed by atoms with Crippen molar-refractivity contribution in [3.05, 3.63) is 71.2 Å². The third kappa shape index (κ3) is 4.80. The molecule has 0 radical (unpaired) electrons. The number of carbonyl (C=O) groups is 2. The fourth-order valence-corrected chi connectivity index (χ4v) is 6.30. The first-order valence-corrected chi connectivity index (χ1v) is 13.9. The van der Waals surface area contributed by atoms with Crippen LogP contribution in [0.3, 0.4) is 0 Å². The Morgan fingerprint density at radius 3 is 2.41 bits per heavy atom. The minimum atomic E-state index is -0.958. The summed E-state index contributed by atoms with van der Waals surface area (Å²) in [5.41, 5.74) is 4.47. The number of aromatic carboxylic acids is 1. The fraction of sp³-hybridized carbons (Fsp3) is 0.387. The molecule has 1 atom stereocenters. The second kappa shape index (κ2) is 10.6. The van der Waals surface area contributed by atoms with Crippen LogP contribution in [0.1, 0.15) is 97.1 Å². The van der Waals surface area contributed by atoms with Crippen LogP contribution < -0.4 is 0 Å². The maximum atomic E-state index is 12.8. The maximum Gasteiger partial charge on any atom is 0.336 e. The highest BCUT2D eigenvalue weighted by atomic mass is 16.4. The highest BCUT2D eigenvalue weighted by Gasteiger charge is 2.32. The molecule has 2 aromatic heterocycles. The zero-order valence-corrected chi connectivity index (χ0v) is 21.8. The predicted octanol–water partition coefficient (Wildman–Crippen LogP) is 6.22. The number of rotatable bonds is 6. The van der Waals surface area contributed by atoms with E-state index in [-0.39, 0.29) is 29.1 Å². The third-order valence-electron chi connectivity index (χ3n) is 8.32. The van der Waals surface area contributed by atoms with Crippen LogP contribution in [-0.2, 0) is 11.3 Å². The van der Waals surface area contributed by atoms with Crippen LogP contribution in [0.25, 0.3) is 22.2 Å². The number of carboxylic acids is 1. The van der Waals surface area contributed by atoms with Gasteiger partial charge in [-0.25, -0.2) is 9.78 Å². The molecule has 2 aliphatic carbocycles. The van der Waals surface area contributed by atoms with Crippen molar-refractivity contribution in [1.29, 1.82) is 0 Å². The van der Waals surface area contributed by atoms with Gasteiger partial charge in [0, 0.05) is 18.9 Å². The number of aromatic nitrogens is 4. The summed E-state index contributed by atoms with van der Waals surface area (Å²) in [6.07, 6.45) is 8.71. The predicted molar refractivity (Wildman–Crippen MR) is 147 cm³/mol. The van der Waals surface area contributed by atoms with Crippen LogP contribution in [0.2, 0.25) is 0 Å². The second-order valence-electron chi connectivity index (χ2n) is 10.8. The van der Waals surface area contributed by atoms with Gasteiger partial charge in [0.2, 0.25) is 0 Å². The lowest BCUT2D eigenvalue weighted by atomic mass is 9.85. The topological polar surface area (TPSA) is 118 Å². The number of nitrogens with zero attached hydrogens (tertiary/aromatic N) is 4. The summed E-state index contributed by atoms with van der Waals surface area (Å²) in [7, 11) is 0. The monoisotopic (exact) mass is 524 g/mol. The Morgan fingerprint density at radius 1 is 0.923 bits per heavy atom. The van der Waals surface area contributed by atoms with E-state index in [1.54, 1.807) is 12.1 Å². The van der Waals surface area contributed by atoms with Gasteiger partial charge in [-0.1, -0.05) is 68.1 Å². The lowest BCUT2D eigenvalue weighted by Crippen LogP contribution is -2.19. The van der Waals surface area contributed by atoms with Crippen LogP contribution in [-0.4, -0.2) is 41.7 Å². The first kappa shape index (κ1) is 25.2. The van der Waals surface area contributed by atoms with Crippen LogP contribution in [0, 0.1) is 0 Å². The Labute approximate surface area is 226 Å². The van der Waals surface area contributed by atoms with Gasteiger partial charge in [-0.05, 0) is 48.4 Å². The Bertz CT molecular complexity index is 1540. The number of imidazole rings is 1. The molecule has 0 spiro atoms. The molecule has 200 valence electrons. The molecule has 0 amide bonds. The largest absolute Gasteiger partial charge is 0.491 e. The zero-order valence-electron chi connectivity index (χ0n) is 21.8. The van der Waals surface area contributed by atoms with Crippen molar-refractivity contribution >= 4 is 22.8 Å². The van der Waals surface area contributed by atoms with Crippen molar-refractivity contribution in [2.45, 2.75) is 76.2 Å². The van der Waals surface area contributed by atoms with E-state index in [0.29, 0.717) is 35.3 Å². The van der Waals surface area contributed by atoms with Gasteiger partial charge in [-0.15, -0.1) is 10.2 Å². The number of ketones is 1. The van der Waals surface area contributed by atoms with E-state index in [2.05, 4.69) is 14.8 Å². The molecule has 2 fully saturated rings. The van der Waals surface area contributed by atoms with Gasteiger partial charge < -0.3 is 14.8 Å². The summed E-state index contributed by atoms with van der Waals surface area (Å²) >= 11 is 0. The number of aromatic hydroxyl groups is 1. The first-order chi connectivity index (χ1) is 19.0. The number of benzene rings is 2. The smallest absolute Gasteiger partial charge is 0.336 e. The highest BCUT2D eigenvalue weighted by Crippen LogP contribution is 2.39. The van der Waals surface area contributed by atoms with Gasteiger partial charge in [0.25, 0.3) is 5.88 Å².